The summed E-state index contributed by atoms with van der Waals surface area (Å²) in [4.78, 5) is 0. The van der Waals surface area contributed by atoms with Gasteiger partial charge in [-0.05, 0) is 108 Å². The Balaban J connectivity index is 1.31. The van der Waals surface area contributed by atoms with E-state index in [0.717, 1.165) is 31.6 Å². The van der Waals surface area contributed by atoms with Crippen LogP contribution in [0.1, 0.15) is 90.8 Å². The SMILES string of the molecule is C=C(CC1=CCC=C1C1=Cc2cc(CC3CCCCC3)ccc2C1)c1c(C)cc(C)cc1CC. The molecule has 5 rings (SSSR count). The van der Waals surface area contributed by atoms with Gasteiger partial charge in [-0.1, -0.05) is 99.7 Å². The molecule has 3 aliphatic carbocycles. The van der Waals surface area contributed by atoms with Crippen LogP contribution >= 0.6 is 0 Å². The maximum absolute atomic E-state index is 4.57. The molecule has 0 atom stereocenters. The number of aryl methyl sites for hydroxylation is 3. The van der Waals surface area contributed by atoms with Crippen LogP contribution in [-0.4, -0.2) is 0 Å². The van der Waals surface area contributed by atoms with Crippen LogP contribution in [0.2, 0.25) is 0 Å². The summed E-state index contributed by atoms with van der Waals surface area (Å²) in [6.07, 6.45) is 19.9. The summed E-state index contributed by atoms with van der Waals surface area (Å²) in [6.45, 7) is 11.3. The van der Waals surface area contributed by atoms with Gasteiger partial charge in [-0.3, -0.25) is 0 Å². The molecule has 2 aromatic rings. The molecule has 1 saturated carbocycles. The van der Waals surface area contributed by atoms with Crippen LogP contribution in [-0.2, 0) is 19.3 Å². The van der Waals surface area contributed by atoms with E-state index >= 15 is 0 Å². The first-order valence-electron chi connectivity index (χ1n) is 13.5. The van der Waals surface area contributed by atoms with Gasteiger partial charge in [-0.2, -0.15) is 0 Å². The molecule has 0 saturated heterocycles. The van der Waals surface area contributed by atoms with Crippen molar-refractivity contribution >= 4 is 11.6 Å². The molecule has 2 aromatic carbocycles. The molecule has 0 amide bonds. The van der Waals surface area contributed by atoms with Crippen LogP contribution in [0.25, 0.3) is 11.6 Å². The summed E-state index contributed by atoms with van der Waals surface area (Å²) in [6, 6.07) is 11.9. The Morgan fingerprint density at radius 2 is 1.82 bits per heavy atom. The lowest BCUT2D eigenvalue weighted by Gasteiger charge is -2.21. The van der Waals surface area contributed by atoms with Crippen molar-refractivity contribution in [1.29, 1.82) is 0 Å². The van der Waals surface area contributed by atoms with E-state index in [-0.39, 0.29) is 0 Å². The van der Waals surface area contributed by atoms with Crippen LogP contribution < -0.4 is 0 Å². The molecule has 1 fully saturated rings. The maximum Gasteiger partial charge on any atom is -0.00137 e. The normalized spacial score (nSPS) is 17.9. The first-order valence-corrected chi connectivity index (χ1v) is 13.5. The van der Waals surface area contributed by atoms with Crippen molar-refractivity contribution in [1.82, 2.24) is 0 Å². The lowest BCUT2D eigenvalue weighted by molar-refractivity contribution is 0.356. The van der Waals surface area contributed by atoms with Gasteiger partial charge in [0.05, 0.1) is 0 Å². The minimum atomic E-state index is 0.896. The molecule has 0 bridgehead atoms. The highest BCUT2D eigenvalue weighted by molar-refractivity contribution is 5.77. The van der Waals surface area contributed by atoms with Crippen LogP contribution in [0.5, 0.6) is 0 Å². The van der Waals surface area contributed by atoms with E-state index in [4.69, 9.17) is 0 Å². The number of hydrogen-bond acceptors (Lipinski definition) is 0. The monoisotopic (exact) mass is 448 g/mol. The zero-order valence-corrected chi connectivity index (χ0v) is 21.5. The fourth-order valence-electron chi connectivity index (χ4n) is 6.63. The molecule has 3 aliphatic rings. The average molecular weight is 449 g/mol. The van der Waals surface area contributed by atoms with Crippen molar-refractivity contribution in [2.45, 2.75) is 85.0 Å². The van der Waals surface area contributed by atoms with Crippen molar-refractivity contribution in [3.05, 3.63) is 105 Å². The Morgan fingerprint density at radius 1 is 1.00 bits per heavy atom. The molecule has 0 heteroatoms. The summed E-state index contributed by atoms with van der Waals surface area (Å²) in [5.74, 6) is 0.896. The summed E-state index contributed by atoms with van der Waals surface area (Å²) in [7, 11) is 0. The summed E-state index contributed by atoms with van der Waals surface area (Å²) < 4.78 is 0. The third kappa shape index (κ3) is 4.78. The zero-order valence-electron chi connectivity index (χ0n) is 21.5. The predicted molar refractivity (Wildman–Crippen MR) is 148 cm³/mol. The number of hydrogen-bond donors (Lipinski definition) is 0. The first-order chi connectivity index (χ1) is 16.5. The third-order valence-electron chi connectivity index (χ3n) is 8.25. The van der Waals surface area contributed by atoms with Gasteiger partial charge in [0.25, 0.3) is 0 Å². The van der Waals surface area contributed by atoms with E-state index in [2.05, 4.69) is 75.9 Å². The lowest BCUT2D eigenvalue weighted by atomic mass is 9.84. The first kappa shape index (κ1) is 23.2. The Kier molecular flexibility index (Phi) is 6.77. The molecule has 34 heavy (non-hydrogen) atoms. The molecule has 0 aliphatic heterocycles. The Hall–Kier alpha value is -2.60. The largest absolute Gasteiger partial charge is 0.0949 e. The molecule has 0 N–H and O–H groups in total. The van der Waals surface area contributed by atoms with Gasteiger partial charge in [0, 0.05) is 0 Å². The summed E-state index contributed by atoms with van der Waals surface area (Å²) in [5, 5.41) is 0. The zero-order chi connectivity index (χ0) is 23.7. The van der Waals surface area contributed by atoms with Crippen LogP contribution in [0.3, 0.4) is 0 Å². The molecule has 0 radical (unpaired) electrons. The van der Waals surface area contributed by atoms with Crippen LogP contribution in [0.4, 0.5) is 0 Å². The predicted octanol–water partition coefficient (Wildman–Crippen LogP) is 9.29. The van der Waals surface area contributed by atoms with E-state index in [1.807, 2.05) is 0 Å². The fraction of sp³-hybridized carbons (Fsp3) is 0.412. The third-order valence-corrected chi connectivity index (χ3v) is 8.25. The second-order valence-corrected chi connectivity index (χ2v) is 10.9. The molecule has 0 aromatic heterocycles. The molecule has 0 unspecified atom stereocenters. The second-order valence-electron chi connectivity index (χ2n) is 10.9. The van der Waals surface area contributed by atoms with Crippen molar-refractivity contribution in [3.63, 3.8) is 0 Å². The number of fused-ring (bicyclic) bond motifs is 1. The second kappa shape index (κ2) is 9.95. The average Bonchev–Trinajstić information content (AvgIpc) is 3.45. The number of allylic oxidation sites excluding steroid dienone is 6. The molecule has 0 heterocycles. The van der Waals surface area contributed by atoms with Crippen LogP contribution in [0, 0.1) is 19.8 Å². The molecule has 0 nitrogen and oxygen atoms in total. The van der Waals surface area contributed by atoms with Gasteiger partial charge in [0.2, 0.25) is 0 Å². The molecular weight excluding hydrogens is 408 g/mol. The molecular formula is C34H40. The van der Waals surface area contributed by atoms with Crippen LogP contribution in [0.15, 0.2) is 65.8 Å². The van der Waals surface area contributed by atoms with Crippen molar-refractivity contribution in [3.8, 4) is 0 Å². The molecule has 0 spiro atoms. The minimum Gasteiger partial charge on any atom is -0.0949 e. The topological polar surface area (TPSA) is 0 Å². The van der Waals surface area contributed by atoms with Crippen molar-refractivity contribution < 1.29 is 0 Å². The van der Waals surface area contributed by atoms with Crippen molar-refractivity contribution in [2.24, 2.45) is 5.92 Å². The smallest absolute Gasteiger partial charge is 0.00137 e. The highest BCUT2D eigenvalue weighted by atomic mass is 14.3. The van der Waals surface area contributed by atoms with E-state index < -0.39 is 0 Å². The minimum absolute atomic E-state index is 0.896. The van der Waals surface area contributed by atoms with Gasteiger partial charge in [0.1, 0.15) is 0 Å². The number of rotatable bonds is 7. The Labute approximate surface area is 207 Å². The van der Waals surface area contributed by atoms with Gasteiger partial charge < -0.3 is 0 Å². The van der Waals surface area contributed by atoms with E-state index in [1.165, 1.54) is 99.8 Å². The standard InChI is InChI=1S/C34H40/c1-5-28-17-23(2)16-24(3)34(28)25(4)18-30-12-9-13-33(30)32-21-29-15-14-27(20-31(29)22-32)19-26-10-7-6-8-11-26/h12-17,20,22,26H,4-11,18-19,21H2,1-3H3. The van der Waals surface area contributed by atoms with Gasteiger partial charge in [-0.15, -0.1) is 0 Å². The van der Waals surface area contributed by atoms with Gasteiger partial charge in [-0.25, -0.2) is 0 Å². The Bertz CT molecular complexity index is 1190. The lowest BCUT2D eigenvalue weighted by Crippen LogP contribution is -2.09. The maximum atomic E-state index is 4.57. The van der Waals surface area contributed by atoms with Gasteiger partial charge >= 0.3 is 0 Å². The summed E-state index contributed by atoms with van der Waals surface area (Å²) >= 11 is 0. The van der Waals surface area contributed by atoms with Gasteiger partial charge in [0.15, 0.2) is 0 Å². The molecule has 176 valence electrons. The summed E-state index contributed by atoms with van der Waals surface area (Å²) in [5.41, 5.74) is 15.7. The highest BCUT2D eigenvalue weighted by Gasteiger charge is 2.22. The van der Waals surface area contributed by atoms with E-state index in [9.17, 15) is 0 Å². The van der Waals surface area contributed by atoms with E-state index in [0.29, 0.717) is 0 Å². The van der Waals surface area contributed by atoms with E-state index in [1.54, 1.807) is 0 Å². The number of benzene rings is 2. The highest BCUT2D eigenvalue weighted by Crippen LogP contribution is 2.40. The Morgan fingerprint density at radius 3 is 2.62 bits per heavy atom. The van der Waals surface area contributed by atoms with Crippen molar-refractivity contribution in [2.75, 3.05) is 0 Å². The quantitative estimate of drug-likeness (QED) is 0.396. The fourth-order valence-corrected chi connectivity index (χ4v) is 6.63.